The molecule has 0 bridgehead atoms. The van der Waals surface area contributed by atoms with E-state index in [0.29, 0.717) is 38.4 Å². The fourth-order valence-electron chi connectivity index (χ4n) is 2.40. The second-order valence-electron chi connectivity index (χ2n) is 6.71. The molecule has 0 atom stereocenters. The predicted octanol–water partition coefficient (Wildman–Crippen LogP) is 3.55. The van der Waals surface area contributed by atoms with E-state index in [9.17, 15) is 18.0 Å². The topological polar surface area (TPSA) is 45.7 Å². The van der Waals surface area contributed by atoms with Crippen molar-refractivity contribution < 1.29 is 22.7 Å². The number of amides is 1. The van der Waals surface area contributed by atoms with Gasteiger partial charge in [-0.05, 0) is 39.3 Å². The van der Waals surface area contributed by atoms with Gasteiger partial charge in [0.15, 0.2) is 0 Å². The van der Waals surface area contributed by atoms with Gasteiger partial charge in [-0.1, -0.05) is 0 Å². The van der Waals surface area contributed by atoms with Crippen LogP contribution >= 0.6 is 0 Å². The summed E-state index contributed by atoms with van der Waals surface area (Å²) in [4.78, 5) is 19.5. The van der Waals surface area contributed by atoms with Crippen LogP contribution < -0.4 is 4.90 Å². The van der Waals surface area contributed by atoms with Gasteiger partial charge in [0.25, 0.3) is 0 Å². The first kappa shape index (κ1) is 18.4. The van der Waals surface area contributed by atoms with Gasteiger partial charge in [0, 0.05) is 32.4 Å². The Morgan fingerprint density at radius 2 is 1.83 bits per heavy atom. The van der Waals surface area contributed by atoms with E-state index in [0.717, 1.165) is 12.3 Å². The third kappa shape index (κ3) is 5.01. The zero-order chi connectivity index (χ0) is 18.0. The van der Waals surface area contributed by atoms with Crippen LogP contribution in [0.5, 0.6) is 0 Å². The Hall–Kier alpha value is -1.99. The molecule has 2 rings (SSSR count). The van der Waals surface area contributed by atoms with Crippen LogP contribution in [0.25, 0.3) is 0 Å². The van der Waals surface area contributed by atoms with Crippen molar-refractivity contribution in [2.24, 2.45) is 0 Å². The standard InChI is InChI=1S/C16H22F3N3O2/c1-15(2,3)24-14(23)22-8-4-7-21(9-10-22)13-6-5-12(11-20-13)16(17,18)19/h5-6,11H,4,7-10H2,1-3H3. The third-order valence-electron chi connectivity index (χ3n) is 3.55. The molecule has 0 N–H and O–H groups in total. The molecule has 0 aliphatic carbocycles. The fraction of sp³-hybridized carbons (Fsp3) is 0.625. The molecule has 1 aliphatic heterocycles. The van der Waals surface area contributed by atoms with Crippen molar-refractivity contribution in [2.45, 2.75) is 39.0 Å². The molecule has 134 valence electrons. The second-order valence-corrected chi connectivity index (χ2v) is 6.71. The number of hydrogen-bond acceptors (Lipinski definition) is 4. The Kier molecular flexibility index (Phi) is 5.25. The molecular formula is C16H22F3N3O2. The SMILES string of the molecule is CC(C)(C)OC(=O)N1CCCN(c2ccc(C(F)(F)F)cn2)CC1. The van der Waals surface area contributed by atoms with Crippen LogP contribution in [-0.2, 0) is 10.9 Å². The highest BCUT2D eigenvalue weighted by molar-refractivity contribution is 5.68. The van der Waals surface area contributed by atoms with E-state index in [4.69, 9.17) is 4.74 Å². The maximum absolute atomic E-state index is 12.6. The number of pyridine rings is 1. The van der Waals surface area contributed by atoms with E-state index in [1.54, 1.807) is 25.7 Å². The number of carbonyl (C=O) groups is 1. The van der Waals surface area contributed by atoms with Crippen LogP contribution in [0.2, 0.25) is 0 Å². The number of carbonyl (C=O) groups excluding carboxylic acids is 1. The number of nitrogens with zero attached hydrogens (tertiary/aromatic N) is 3. The first-order valence-electron chi connectivity index (χ1n) is 7.82. The molecule has 0 saturated carbocycles. The summed E-state index contributed by atoms with van der Waals surface area (Å²) < 4.78 is 43.1. The summed E-state index contributed by atoms with van der Waals surface area (Å²) >= 11 is 0. The minimum absolute atomic E-state index is 0.371. The molecular weight excluding hydrogens is 323 g/mol. The lowest BCUT2D eigenvalue weighted by atomic mass is 10.2. The normalized spacial score (nSPS) is 16.8. The van der Waals surface area contributed by atoms with Crippen molar-refractivity contribution in [1.29, 1.82) is 0 Å². The van der Waals surface area contributed by atoms with Crippen molar-refractivity contribution in [3.8, 4) is 0 Å². The molecule has 1 saturated heterocycles. The summed E-state index contributed by atoms with van der Waals surface area (Å²) in [5.74, 6) is 0.481. The lowest BCUT2D eigenvalue weighted by molar-refractivity contribution is -0.137. The van der Waals surface area contributed by atoms with Gasteiger partial charge in [-0.3, -0.25) is 0 Å². The van der Waals surface area contributed by atoms with Crippen molar-refractivity contribution in [2.75, 3.05) is 31.1 Å². The van der Waals surface area contributed by atoms with Crippen LogP contribution in [0.4, 0.5) is 23.8 Å². The summed E-state index contributed by atoms with van der Waals surface area (Å²) in [5.41, 5.74) is -1.32. The molecule has 5 nitrogen and oxygen atoms in total. The van der Waals surface area contributed by atoms with E-state index in [1.165, 1.54) is 6.07 Å². The number of hydrogen-bond donors (Lipinski definition) is 0. The zero-order valence-electron chi connectivity index (χ0n) is 14.1. The maximum atomic E-state index is 12.6. The van der Waals surface area contributed by atoms with Crippen molar-refractivity contribution in [3.05, 3.63) is 23.9 Å². The molecule has 0 unspecified atom stereocenters. The van der Waals surface area contributed by atoms with Gasteiger partial charge in [0.05, 0.1) is 5.56 Å². The minimum atomic E-state index is -4.39. The molecule has 8 heteroatoms. The quantitative estimate of drug-likeness (QED) is 0.781. The molecule has 0 radical (unpaired) electrons. The fourth-order valence-corrected chi connectivity index (χ4v) is 2.40. The molecule has 0 spiro atoms. The molecule has 1 aromatic heterocycles. The monoisotopic (exact) mass is 345 g/mol. The highest BCUT2D eigenvalue weighted by Gasteiger charge is 2.31. The van der Waals surface area contributed by atoms with Crippen LogP contribution in [-0.4, -0.2) is 47.8 Å². The Balaban J connectivity index is 1.99. The van der Waals surface area contributed by atoms with Gasteiger partial charge in [0.1, 0.15) is 11.4 Å². The minimum Gasteiger partial charge on any atom is -0.444 e. The van der Waals surface area contributed by atoms with E-state index in [1.807, 2.05) is 4.90 Å². The lowest BCUT2D eigenvalue weighted by Gasteiger charge is -2.26. The molecule has 1 aliphatic rings. The van der Waals surface area contributed by atoms with E-state index in [-0.39, 0.29) is 6.09 Å². The Bertz CT molecular complexity index is 567. The Labute approximate surface area is 139 Å². The van der Waals surface area contributed by atoms with Crippen molar-refractivity contribution in [3.63, 3.8) is 0 Å². The molecule has 0 aromatic carbocycles. The average molecular weight is 345 g/mol. The predicted molar refractivity (Wildman–Crippen MR) is 83.9 cm³/mol. The highest BCUT2D eigenvalue weighted by Crippen LogP contribution is 2.29. The summed E-state index contributed by atoms with van der Waals surface area (Å²) in [6.07, 6.45) is -3.23. The first-order chi connectivity index (χ1) is 11.1. The number of alkyl halides is 3. The number of aromatic nitrogens is 1. The smallest absolute Gasteiger partial charge is 0.417 e. The number of anilines is 1. The zero-order valence-corrected chi connectivity index (χ0v) is 14.1. The van der Waals surface area contributed by atoms with Gasteiger partial charge in [-0.15, -0.1) is 0 Å². The van der Waals surface area contributed by atoms with Crippen molar-refractivity contribution >= 4 is 11.9 Å². The summed E-state index contributed by atoms with van der Waals surface area (Å²) in [7, 11) is 0. The van der Waals surface area contributed by atoms with E-state index < -0.39 is 17.3 Å². The van der Waals surface area contributed by atoms with Crippen molar-refractivity contribution in [1.82, 2.24) is 9.88 Å². The molecule has 24 heavy (non-hydrogen) atoms. The molecule has 1 fully saturated rings. The van der Waals surface area contributed by atoms with Crippen LogP contribution in [0, 0.1) is 0 Å². The van der Waals surface area contributed by atoms with Crippen LogP contribution in [0.3, 0.4) is 0 Å². The lowest BCUT2D eigenvalue weighted by Crippen LogP contribution is -2.39. The molecule has 1 aromatic rings. The van der Waals surface area contributed by atoms with Crippen LogP contribution in [0.1, 0.15) is 32.8 Å². The number of rotatable bonds is 1. The highest BCUT2D eigenvalue weighted by atomic mass is 19.4. The Morgan fingerprint density at radius 3 is 2.38 bits per heavy atom. The van der Waals surface area contributed by atoms with Gasteiger partial charge >= 0.3 is 12.3 Å². The number of ether oxygens (including phenoxy) is 1. The van der Waals surface area contributed by atoms with E-state index >= 15 is 0 Å². The second kappa shape index (κ2) is 6.86. The third-order valence-corrected chi connectivity index (χ3v) is 3.55. The summed E-state index contributed by atoms with van der Waals surface area (Å²) in [5, 5.41) is 0. The maximum Gasteiger partial charge on any atom is 0.417 e. The first-order valence-corrected chi connectivity index (χ1v) is 7.82. The summed E-state index contributed by atoms with van der Waals surface area (Å²) in [6.45, 7) is 7.53. The summed E-state index contributed by atoms with van der Waals surface area (Å²) in [6, 6.07) is 2.39. The largest absolute Gasteiger partial charge is 0.444 e. The van der Waals surface area contributed by atoms with Gasteiger partial charge in [-0.2, -0.15) is 13.2 Å². The van der Waals surface area contributed by atoms with Gasteiger partial charge in [-0.25, -0.2) is 9.78 Å². The average Bonchev–Trinajstić information content (AvgIpc) is 2.70. The molecule has 2 heterocycles. The van der Waals surface area contributed by atoms with Crippen LogP contribution in [0.15, 0.2) is 18.3 Å². The van der Waals surface area contributed by atoms with E-state index in [2.05, 4.69) is 4.98 Å². The van der Waals surface area contributed by atoms with Gasteiger partial charge in [0.2, 0.25) is 0 Å². The molecule has 1 amide bonds. The Morgan fingerprint density at radius 1 is 1.12 bits per heavy atom. The van der Waals surface area contributed by atoms with Gasteiger partial charge < -0.3 is 14.5 Å². The number of halogens is 3.